The van der Waals surface area contributed by atoms with E-state index in [9.17, 15) is 0 Å². The van der Waals surface area contributed by atoms with Crippen LogP contribution >= 0.6 is 0 Å². The Morgan fingerprint density at radius 1 is 1.27 bits per heavy atom. The average Bonchev–Trinajstić information content (AvgIpc) is 2.18. The Hall–Kier alpha value is -0.980. The monoisotopic (exact) mass is 206 g/mol. The third-order valence-electron chi connectivity index (χ3n) is 2.55. The van der Waals surface area contributed by atoms with Gasteiger partial charge >= 0.3 is 0 Å². The summed E-state index contributed by atoms with van der Waals surface area (Å²) in [7, 11) is 0. The molecule has 0 fully saturated rings. The molecule has 15 heavy (non-hydrogen) atoms. The van der Waals surface area contributed by atoms with E-state index < -0.39 is 0 Å². The Balaban J connectivity index is 2.77. The van der Waals surface area contributed by atoms with Gasteiger partial charge in [0.05, 0.1) is 6.61 Å². The quantitative estimate of drug-likeness (QED) is 0.653. The molecule has 0 aromatic heterocycles. The van der Waals surface area contributed by atoms with Crippen LogP contribution in [0.3, 0.4) is 0 Å². The minimum absolute atomic E-state index is 0.530. The molecule has 0 aliphatic rings. The topological polar surface area (TPSA) is 9.23 Å². The lowest BCUT2D eigenvalue weighted by atomic mass is 10.0. The van der Waals surface area contributed by atoms with Crippen molar-refractivity contribution in [3.63, 3.8) is 0 Å². The van der Waals surface area contributed by atoms with Crippen LogP contribution in [0.15, 0.2) is 18.2 Å². The Bertz CT molecular complexity index is 302. The van der Waals surface area contributed by atoms with Crippen LogP contribution in [-0.2, 0) is 0 Å². The van der Waals surface area contributed by atoms with Crippen LogP contribution in [0.2, 0.25) is 0 Å². The zero-order valence-electron chi connectivity index (χ0n) is 10.3. The molecule has 0 aliphatic heterocycles. The molecule has 0 spiro atoms. The van der Waals surface area contributed by atoms with Crippen molar-refractivity contribution in [2.24, 2.45) is 0 Å². The first-order chi connectivity index (χ1) is 7.15. The van der Waals surface area contributed by atoms with E-state index >= 15 is 0 Å². The molecule has 0 unspecified atom stereocenters. The molecular weight excluding hydrogens is 184 g/mol. The summed E-state index contributed by atoms with van der Waals surface area (Å²) in [5.74, 6) is 1.60. The highest BCUT2D eigenvalue weighted by Gasteiger charge is 2.07. The van der Waals surface area contributed by atoms with Gasteiger partial charge in [0.1, 0.15) is 5.75 Å². The van der Waals surface area contributed by atoms with Gasteiger partial charge in [-0.2, -0.15) is 0 Å². The zero-order valence-corrected chi connectivity index (χ0v) is 10.3. The summed E-state index contributed by atoms with van der Waals surface area (Å²) in [6, 6.07) is 6.48. The van der Waals surface area contributed by atoms with E-state index in [1.54, 1.807) is 0 Å². The fourth-order valence-corrected chi connectivity index (χ4v) is 1.57. The fraction of sp³-hybridized carbons (Fsp3) is 0.571. The van der Waals surface area contributed by atoms with Crippen molar-refractivity contribution in [2.75, 3.05) is 6.61 Å². The number of ether oxygens (including phenoxy) is 1. The molecule has 0 radical (unpaired) electrons. The third-order valence-corrected chi connectivity index (χ3v) is 2.55. The van der Waals surface area contributed by atoms with Crippen molar-refractivity contribution in [1.82, 2.24) is 0 Å². The van der Waals surface area contributed by atoms with Gasteiger partial charge in [-0.3, -0.25) is 0 Å². The summed E-state index contributed by atoms with van der Waals surface area (Å²) >= 11 is 0. The summed E-state index contributed by atoms with van der Waals surface area (Å²) in [4.78, 5) is 0. The van der Waals surface area contributed by atoms with Gasteiger partial charge in [-0.1, -0.05) is 39.3 Å². The fourth-order valence-electron chi connectivity index (χ4n) is 1.57. The molecule has 0 saturated carbocycles. The first-order valence-corrected chi connectivity index (χ1v) is 5.88. The van der Waals surface area contributed by atoms with Crippen LogP contribution in [0, 0.1) is 6.92 Å². The van der Waals surface area contributed by atoms with Crippen molar-refractivity contribution < 1.29 is 4.74 Å². The van der Waals surface area contributed by atoms with E-state index in [1.807, 2.05) is 0 Å². The smallest absolute Gasteiger partial charge is 0.122 e. The second-order valence-electron chi connectivity index (χ2n) is 4.40. The normalized spacial score (nSPS) is 10.7. The van der Waals surface area contributed by atoms with Crippen LogP contribution < -0.4 is 4.74 Å². The predicted molar refractivity (Wildman–Crippen MR) is 65.7 cm³/mol. The molecular formula is C14H22O. The van der Waals surface area contributed by atoms with Crippen LogP contribution in [0.5, 0.6) is 5.75 Å². The molecule has 0 amide bonds. The van der Waals surface area contributed by atoms with Gasteiger partial charge in [-0.25, -0.2) is 0 Å². The first-order valence-electron chi connectivity index (χ1n) is 5.88. The molecule has 84 valence electrons. The van der Waals surface area contributed by atoms with Crippen molar-refractivity contribution in [3.8, 4) is 5.75 Å². The molecule has 1 heteroatoms. The second-order valence-corrected chi connectivity index (χ2v) is 4.40. The number of benzene rings is 1. The highest BCUT2D eigenvalue weighted by Crippen LogP contribution is 2.27. The number of hydrogen-bond acceptors (Lipinski definition) is 1. The van der Waals surface area contributed by atoms with E-state index in [1.165, 1.54) is 17.5 Å². The number of rotatable bonds is 5. The number of unbranched alkanes of at least 4 members (excludes halogenated alkanes) is 1. The maximum absolute atomic E-state index is 5.82. The molecule has 1 aromatic rings. The Morgan fingerprint density at radius 2 is 2.00 bits per heavy atom. The molecule has 1 aromatic carbocycles. The molecule has 0 aliphatic carbocycles. The molecule has 0 heterocycles. The summed E-state index contributed by atoms with van der Waals surface area (Å²) in [6.45, 7) is 9.54. The molecule has 0 saturated heterocycles. The summed E-state index contributed by atoms with van der Waals surface area (Å²) in [5, 5.41) is 0. The predicted octanol–water partition coefficient (Wildman–Crippen LogP) is 4.30. The maximum Gasteiger partial charge on any atom is 0.122 e. The SMILES string of the molecule is CCCCOc1cc(C)ccc1C(C)C. The summed E-state index contributed by atoms with van der Waals surface area (Å²) in [6.07, 6.45) is 2.31. The minimum Gasteiger partial charge on any atom is -0.493 e. The Morgan fingerprint density at radius 3 is 2.60 bits per heavy atom. The van der Waals surface area contributed by atoms with E-state index in [0.29, 0.717) is 5.92 Å². The van der Waals surface area contributed by atoms with Crippen LogP contribution in [0.25, 0.3) is 0 Å². The second kappa shape index (κ2) is 5.79. The lowest BCUT2D eigenvalue weighted by Gasteiger charge is -2.14. The van der Waals surface area contributed by atoms with E-state index in [2.05, 4.69) is 45.9 Å². The largest absolute Gasteiger partial charge is 0.493 e. The van der Waals surface area contributed by atoms with Crippen molar-refractivity contribution in [2.45, 2.75) is 46.5 Å². The maximum atomic E-state index is 5.82. The van der Waals surface area contributed by atoms with E-state index in [4.69, 9.17) is 4.74 Å². The van der Waals surface area contributed by atoms with Crippen LogP contribution in [-0.4, -0.2) is 6.61 Å². The lowest BCUT2D eigenvalue weighted by Crippen LogP contribution is -2.01. The highest BCUT2D eigenvalue weighted by molar-refractivity contribution is 5.39. The molecule has 0 atom stereocenters. The van der Waals surface area contributed by atoms with Gasteiger partial charge < -0.3 is 4.74 Å². The number of aryl methyl sites for hydroxylation is 1. The molecule has 1 nitrogen and oxygen atoms in total. The molecule has 1 rings (SSSR count). The summed E-state index contributed by atoms with van der Waals surface area (Å²) in [5.41, 5.74) is 2.59. The highest BCUT2D eigenvalue weighted by atomic mass is 16.5. The Kier molecular flexibility index (Phi) is 4.67. The van der Waals surface area contributed by atoms with Crippen molar-refractivity contribution >= 4 is 0 Å². The van der Waals surface area contributed by atoms with Gasteiger partial charge in [-0.05, 0) is 36.5 Å². The summed E-state index contributed by atoms with van der Waals surface area (Å²) < 4.78 is 5.82. The van der Waals surface area contributed by atoms with E-state index in [0.717, 1.165) is 18.8 Å². The van der Waals surface area contributed by atoms with E-state index in [-0.39, 0.29) is 0 Å². The van der Waals surface area contributed by atoms with Crippen molar-refractivity contribution in [3.05, 3.63) is 29.3 Å². The van der Waals surface area contributed by atoms with Gasteiger partial charge in [0.15, 0.2) is 0 Å². The standard InChI is InChI=1S/C14H22O/c1-5-6-9-15-14-10-12(4)7-8-13(14)11(2)3/h7-8,10-11H,5-6,9H2,1-4H3. The van der Waals surface area contributed by atoms with Crippen molar-refractivity contribution in [1.29, 1.82) is 0 Å². The van der Waals surface area contributed by atoms with Crippen LogP contribution in [0.4, 0.5) is 0 Å². The van der Waals surface area contributed by atoms with Gasteiger partial charge in [-0.15, -0.1) is 0 Å². The first kappa shape index (κ1) is 12.1. The number of hydrogen-bond donors (Lipinski definition) is 0. The molecule has 0 bridgehead atoms. The Labute approximate surface area is 93.5 Å². The average molecular weight is 206 g/mol. The van der Waals surface area contributed by atoms with Gasteiger partial charge in [0.25, 0.3) is 0 Å². The molecule has 0 N–H and O–H groups in total. The van der Waals surface area contributed by atoms with Gasteiger partial charge in [0, 0.05) is 0 Å². The lowest BCUT2D eigenvalue weighted by molar-refractivity contribution is 0.305. The minimum atomic E-state index is 0.530. The zero-order chi connectivity index (χ0) is 11.3. The van der Waals surface area contributed by atoms with Gasteiger partial charge in [0.2, 0.25) is 0 Å². The van der Waals surface area contributed by atoms with Crippen LogP contribution in [0.1, 0.15) is 50.7 Å². The third kappa shape index (κ3) is 3.58.